The number of nitrogens with zero attached hydrogens (tertiary/aromatic N) is 1. The van der Waals surface area contributed by atoms with Crippen LogP contribution in [0.4, 0.5) is 14.9 Å². The number of amides is 1. The Morgan fingerprint density at radius 3 is 2.58 bits per heavy atom. The first-order chi connectivity index (χ1) is 8.74. The van der Waals surface area contributed by atoms with E-state index in [4.69, 9.17) is 16.3 Å². The van der Waals surface area contributed by atoms with E-state index in [0.717, 1.165) is 11.0 Å². The molecule has 0 saturated carbocycles. The van der Waals surface area contributed by atoms with Crippen LogP contribution in [0, 0.1) is 5.82 Å². The second kappa shape index (κ2) is 6.02. The highest BCUT2D eigenvalue weighted by atomic mass is 35.5. The van der Waals surface area contributed by atoms with Gasteiger partial charge in [0.25, 0.3) is 0 Å². The van der Waals surface area contributed by atoms with E-state index in [2.05, 4.69) is 0 Å². The Kier molecular flexibility index (Phi) is 4.89. The van der Waals surface area contributed by atoms with Gasteiger partial charge in [0, 0.05) is 5.69 Å². The number of rotatable bonds is 3. The maximum Gasteiger partial charge on any atom is 0.415 e. The zero-order valence-electron chi connectivity index (χ0n) is 10.9. The van der Waals surface area contributed by atoms with Crippen LogP contribution in [0.15, 0.2) is 18.2 Å². The summed E-state index contributed by atoms with van der Waals surface area (Å²) in [5.74, 6) is -0.597. The van der Waals surface area contributed by atoms with Crippen molar-refractivity contribution in [2.45, 2.75) is 26.4 Å². The smallest absolute Gasteiger partial charge is 0.415 e. The van der Waals surface area contributed by atoms with Gasteiger partial charge in [-0.15, -0.1) is 0 Å². The van der Waals surface area contributed by atoms with Crippen LogP contribution in [-0.4, -0.2) is 24.5 Å². The lowest BCUT2D eigenvalue weighted by molar-refractivity contribution is -0.106. The van der Waals surface area contributed by atoms with Gasteiger partial charge in [0.1, 0.15) is 17.7 Å². The molecule has 0 saturated heterocycles. The zero-order valence-corrected chi connectivity index (χ0v) is 11.7. The maximum atomic E-state index is 13.1. The quantitative estimate of drug-likeness (QED) is 0.800. The number of halogens is 2. The molecule has 0 aliphatic heterocycles. The highest BCUT2D eigenvalue weighted by Crippen LogP contribution is 2.24. The van der Waals surface area contributed by atoms with Crippen molar-refractivity contribution in [1.82, 2.24) is 0 Å². The standard InChI is InChI=1S/C13H15ClFNO3/c1-13(2,3)19-12(18)16(6-7-17)9-4-5-11(15)10(14)8-9/h4-5,7-8H,6H2,1-3H3. The third kappa shape index (κ3) is 4.52. The monoisotopic (exact) mass is 287 g/mol. The predicted octanol–water partition coefficient (Wildman–Crippen LogP) is 3.42. The van der Waals surface area contributed by atoms with Crippen LogP contribution in [0.5, 0.6) is 0 Å². The first kappa shape index (κ1) is 15.4. The normalized spacial score (nSPS) is 11.0. The predicted molar refractivity (Wildman–Crippen MR) is 71.1 cm³/mol. The lowest BCUT2D eigenvalue weighted by Gasteiger charge is -2.26. The highest BCUT2D eigenvalue weighted by molar-refractivity contribution is 6.31. The molecule has 0 radical (unpaired) electrons. The molecule has 1 aromatic carbocycles. The van der Waals surface area contributed by atoms with E-state index >= 15 is 0 Å². The molecule has 0 aliphatic carbocycles. The van der Waals surface area contributed by atoms with Gasteiger partial charge < -0.3 is 9.53 Å². The molecule has 0 fully saturated rings. The molecule has 1 rings (SSSR count). The van der Waals surface area contributed by atoms with Crippen LogP contribution in [0.2, 0.25) is 5.02 Å². The van der Waals surface area contributed by atoms with E-state index in [-0.39, 0.29) is 11.6 Å². The Labute approximate surface area is 116 Å². The Morgan fingerprint density at radius 1 is 1.47 bits per heavy atom. The van der Waals surface area contributed by atoms with Gasteiger partial charge in [0.15, 0.2) is 0 Å². The summed E-state index contributed by atoms with van der Waals surface area (Å²) in [5.41, 5.74) is -0.394. The molecule has 0 aliphatic rings. The summed E-state index contributed by atoms with van der Waals surface area (Å²) in [7, 11) is 0. The van der Waals surface area contributed by atoms with Crippen molar-refractivity contribution in [3.8, 4) is 0 Å². The topological polar surface area (TPSA) is 46.6 Å². The molecule has 0 atom stereocenters. The van der Waals surface area contributed by atoms with E-state index in [0.29, 0.717) is 12.0 Å². The van der Waals surface area contributed by atoms with E-state index in [9.17, 15) is 14.0 Å². The van der Waals surface area contributed by atoms with Gasteiger partial charge in [-0.25, -0.2) is 9.18 Å². The third-order valence-electron chi connectivity index (χ3n) is 2.09. The number of carbonyl (C=O) groups is 2. The summed E-state index contributed by atoms with van der Waals surface area (Å²) >= 11 is 5.65. The SMILES string of the molecule is CC(C)(C)OC(=O)N(CC=O)c1ccc(F)c(Cl)c1. The summed E-state index contributed by atoms with van der Waals surface area (Å²) in [6.45, 7) is 4.93. The fourth-order valence-electron chi connectivity index (χ4n) is 1.33. The largest absolute Gasteiger partial charge is 0.443 e. The van der Waals surface area contributed by atoms with Gasteiger partial charge in [0.05, 0.1) is 11.6 Å². The van der Waals surface area contributed by atoms with Gasteiger partial charge in [-0.1, -0.05) is 11.6 Å². The van der Waals surface area contributed by atoms with Gasteiger partial charge in [0.2, 0.25) is 0 Å². The summed E-state index contributed by atoms with van der Waals surface area (Å²) in [4.78, 5) is 23.7. The molecule has 0 heterocycles. The minimum Gasteiger partial charge on any atom is -0.443 e. The fraction of sp³-hybridized carbons (Fsp3) is 0.385. The molecule has 0 unspecified atom stereocenters. The zero-order chi connectivity index (χ0) is 14.6. The van der Waals surface area contributed by atoms with Crippen molar-refractivity contribution in [2.24, 2.45) is 0 Å². The van der Waals surface area contributed by atoms with Crippen LogP contribution < -0.4 is 4.90 Å². The van der Waals surface area contributed by atoms with Crippen molar-refractivity contribution in [3.05, 3.63) is 29.0 Å². The summed E-state index contributed by atoms with van der Waals surface area (Å²) in [6.07, 6.45) is -0.136. The number of hydrogen-bond acceptors (Lipinski definition) is 3. The number of hydrogen-bond donors (Lipinski definition) is 0. The molecule has 4 nitrogen and oxygen atoms in total. The van der Waals surface area contributed by atoms with Crippen LogP contribution in [0.1, 0.15) is 20.8 Å². The number of aldehydes is 1. The van der Waals surface area contributed by atoms with Crippen molar-refractivity contribution in [3.63, 3.8) is 0 Å². The average molecular weight is 288 g/mol. The minimum absolute atomic E-state index is 0.128. The number of anilines is 1. The van der Waals surface area contributed by atoms with E-state index in [1.807, 2.05) is 0 Å². The molecule has 104 valence electrons. The fourth-order valence-corrected chi connectivity index (χ4v) is 1.50. The minimum atomic E-state index is -0.692. The van der Waals surface area contributed by atoms with Crippen LogP contribution in [-0.2, 0) is 9.53 Å². The van der Waals surface area contributed by atoms with Crippen LogP contribution in [0.25, 0.3) is 0 Å². The third-order valence-corrected chi connectivity index (χ3v) is 2.38. The molecule has 0 spiro atoms. The molecule has 1 aromatic rings. The Hall–Kier alpha value is -1.62. The van der Waals surface area contributed by atoms with Crippen molar-refractivity contribution in [1.29, 1.82) is 0 Å². The molecule has 19 heavy (non-hydrogen) atoms. The van der Waals surface area contributed by atoms with Crippen molar-refractivity contribution < 1.29 is 18.7 Å². The average Bonchev–Trinajstić information content (AvgIpc) is 2.27. The molecular weight excluding hydrogens is 273 g/mol. The summed E-state index contributed by atoms with van der Waals surface area (Å²) < 4.78 is 18.3. The van der Waals surface area contributed by atoms with Crippen molar-refractivity contribution >= 4 is 29.7 Å². The highest BCUT2D eigenvalue weighted by Gasteiger charge is 2.23. The summed E-state index contributed by atoms with van der Waals surface area (Å²) in [5, 5.41) is -0.128. The molecule has 6 heteroatoms. The van der Waals surface area contributed by atoms with Gasteiger partial charge in [-0.3, -0.25) is 4.90 Å². The number of ether oxygens (including phenoxy) is 1. The molecule has 0 aromatic heterocycles. The maximum absolute atomic E-state index is 13.1. The van der Waals surface area contributed by atoms with E-state index < -0.39 is 17.5 Å². The Balaban J connectivity index is 3.02. The first-order valence-electron chi connectivity index (χ1n) is 5.64. The lowest BCUT2D eigenvalue weighted by Crippen LogP contribution is -2.38. The van der Waals surface area contributed by atoms with E-state index in [1.165, 1.54) is 12.1 Å². The Morgan fingerprint density at radius 2 is 2.11 bits per heavy atom. The van der Waals surface area contributed by atoms with Gasteiger partial charge >= 0.3 is 6.09 Å². The van der Waals surface area contributed by atoms with Crippen LogP contribution in [0.3, 0.4) is 0 Å². The van der Waals surface area contributed by atoms with Gasteiger partial charge in [-0.2, -0.15) is 0 Å². The van der Waals surface area contributed by atoms with Crippen molar-refractivity contribution in [2.75, 3.05) is 11.4 Å². The Bertz CT molecular complexity index is 485. The second-order valence-electron chi connectivity index (χ2n) is 4.86. The molecule has 0 bridgehead atoms. The van der Waals surface area contributed by atoms with Crippen LogP contribution >= 0.6 is 11.6 Å². The summed E-state index contributed by atoms with van der Waals surface area (Å²) in [6, 6.07) is 3.75. The lowest BCUT2D eigenvalue weighted by atomic mass is 10.2. The number of carbonyl (C=O) groups excluding carboxylic acids is 2. The first-order valence-corrected chi connectivity index (χ1v) is 6.01. The molecular formula is C13H15ClFNO3. The number of benzene rings is 1. The second-order valence-corrected chi connectivity index (χ2v) is 5.26. The molecule has 0 N–H and O–H groups in total. The van der Waals surface area contributed by atoms with Gasteiger partial charge in [-0.05, 0) is 39.0 Å². The molecule has 1 amide bonds. The van der Waals surface area contributed by atoms with E-state index in [1.54, 1.807) is 20.8 Å².